The SMILES string of the molecule is c1ccc(-c2ccc(N3c4cc(-n5c6ccccc6c6ccccc65)cc5c4B(c4ccc6c(c4N5c4cccc5c4-c4ccccc4C54c5ccccc5-c5ccccc54)-c4ccccc4C64c5ccccc5-c5ccccc54)c4c3ccc3c4C4(c5ccccc5-c5ccccc54)c4ccccc4-3)cc2)cc1. The van der Waals surface area contributed by atoms with E-state index in [1.165, 1.54) is 183 Å². The third-order valence-electron chi connectivity index (χ3n) is 26.6. The highest BCUT2D eigenvalue weighted by Gasteiger charge is 2.60. The van der Waals surface area contributed by atoms with Gasteiger partial charge >= 0.3 is 0 Å². The van der Waals surface area contributed by atoms with Gasteiger partial charge in [0.25, 0.3) is 6.71 Å². The molecule has 0 N–H and O–H groups in total. The Labute approximate surface area is 631 Å². The Balaban J connectivity index is 0.875. The van der Waals surface area contributed by atoms with Crippen molar-refractivity contribution in [2.45, 2.75) is 16.2 Å². The Morgan fingerprint density at radius 2 is 0.606 bits per heavy atom. The highest BCUT2D eigenvalue weighted by atomic mass is 15.2. The number of rotatable bonds is 4. The molecule has 17 aromatic carbocycles. The first-order chi connectivity index (χ1) is 54.1. The lowest BCUT2D eigenvalue weighted by Gasteiger charge is -2.47. The van der Waals surface area contributed by atoms with E-state index in [0.29, 0.717) is 0 Å². The van der Waals surface area contributed by atoms with E-state index in [9.17, 15) is 0 Å². The van der Waals surface area contributed by atoms with Crippen LogP contribution in [0, 0.1) is 0 Å². The molecular formula is C105H62BN3. The minimum absolute atomic E-state index is 0.333. The van der Waals surface area contributed by atoms with E-state index in [1.54, 1.807) is 0 Å². The lowest BCUT2D eigenvalue weighted by Crippen LogP contribution is -2.63. The Kier molecular flexibility index (Phi) is 11.2. The fraction of sp³-hybridized carbons (Fsp3) is 0.0286. The van der Waals surface area contributed by atoms with Crippen LogP contribution in [0.5, 0.6) is 0 Å². The molecule has 18 aromatic rings. The van der Waals surface area contributed by atoms with Crippen molar-refractivity contribution in [1.29, 1.82) is 0 Å². The Bertz CT molecular complexity index is 6950. The molecular weight excluding hydrogens is 1310 g/mol. The van der Waals surface area contributed by atoms with Crippen LogP contribution in [0.1, 0.15) is 66.8 Å². The summed E-state index contributed by atoms with van der Waals surface area (Å²) in [5, 5.41) is 2.44. The first-order valence-corrected chi connectivity index (χ1v) is 38.4. The first-order valence-electron chi connectivity index (χ1n) is 38.4. The maximum Gasteiger partial charge on any atom is 0.252 e. The second-order valence-corrected chi connectivity index (χ2v) is 31.0. The maximum atomic E-state index is 2.85. The van der Waals surface area contributed by atoms with Gasteiger partial charge in [-0.3, -0.25) is 0 Å². The number of para-hydroxylation sites is 2. The summed E-state index contributed by atoms with van der Waals surface area (Å²) in [6.45, 7) is -0.333. The average molecular weight is 1380 g/mol. The summed E-state index contributed by atoms with van der Waals surface area (Å²) in [5.74, 6) is 0. The molecule has 0 unspecified atom stereocenters. The normalized spacial score (nSPS) is 15.0. The lowest BCUT2D eigenvalue weighted by atomic mass is 9.31. The fourth-order valence-corrected chi connectivity index (χ4v) is 22.9. The van der Waals surface area contributed by atoms with Crippen molar-refractivity contribution in [3.8, 4) is 83.6 Å². The van der Waals surface area contributed by atoms with E-state index in [0.717, 1.165) is 39.5 Å². The highest BCUT2D eigenvalue weighted by molar-refractivity contribution is 7.01. The Morgan fingerprint density at radius 1 is 0.220 bits per heavy atom. The van der Waals surface area contributed by atoms with Crippen LogP contribution in [0.2, 0.25) is 0 Å². The van der Waals surface area contributed by atoms with Gasteiger partial charge in [0.2, 0.25) is 0 Å². The zero-order chi connectivity index (χ0) is 70.7. The summed E-state index contributed by atoms with van der Waals surface area (Å²) in [5.41, 5.74) is 45.7. The molecule has 3 nitrogen and oxygen atoms in total. The minimum atomic E-state index is -0.706. The number of anilines is 6. The number of benzene rings is 17. The highest BCUT2D eigenvalue weighted by Crippen LogP contribution is 2.70. The van der Waals surface area contributed by atoms with Crippen molar-refractivity contribution in [3.63, 3.8) is 0 Å². The third kappa shape index (κ3) is 6.88. The molecule has 0 radical (unpaired) electrons. The van der Waals surface area contributed by atoms with E-state index in [4.69, 9.17) is 0 Å². The summed E-state index contributed by atoms with van der Waals surface area (Å²) in [4.78, 5) is 5.54. The van der Waals surface area contributed by atoms with Gasteiger partial charge in [-0.2, -0.15) is 0 Å². The van der Waals surface area contributed by atoms with Crippen LogP contribution < -0.4 is 26.2 Å². The number of hydrogen-bond acceptors (Lipinski definition) is 2. The predicted molar refractivity (Wildman–Crippen MR) is 449 cm³/mol. The van der Waals surface area contributed by atoms with E-state index in [1.807, 2.05) is 0 Å². The summed E-state index contributed by atoms with van der Waals surface area (Å²) in [7, 11) is 0. The first kappa shape index (κ1) is 58.5. The van der Waals surface area contributed by atoms with Gasteiger partial charge in [0.1, 0.15) is 0 Å². The van der Waals surface area contributed by atoms with Gasteiger partial charge in [-0.15, -0.1) is 0 Å². The molecule has 26 rings (SSSR count). The van der Waals surface area contributed by atoms with Gasteiger partial charge in [-0.25, -0.2) is 0 Å². The molecule has 0 atom stereocenters. The van der Waals surface area contributed by atoms with Crippen molar-refractivity contribution < 1.29 is 0 Å². The molecule has 3 heterocycles. The summed E-state index contributed by atoms with van der Waals surface area (Å²) in [6, 6.07) is 146. The van der Waals surface area contributed by atoms with Crippen molar-refractivity contribution in [2.24, 2.45) is 0 Å². The average Bonchev–Trinajstić information content (AvgIpc) is 1.54. The Morgan fingerprint density at radius 3 is 1.11 bits per heavy atom. The van der Waals surface area contributed by atoms with E-state index in [-0.39, 0.29) is 6.71 Å². The van der Waals surface area contributed by atoms with E-state index in [2.05, 4.69) is 390 Å². The van der Waals surface area contributed by atoms with Gasteiger partial charge in [0, 0.05) is 50.3 Å². The minimum Gasteiger partial charge on any atom is -0.311 e. The molecule has 500 valence electrons. The van der Waals surface area contributed by atoms with E-state index < -0.39 is 16.2 Å². The second-order valence-electron chi connectivity index (χ2n) is 31.0. The van der Waals surface area contributed by atoms with Crippen LogP contribution in [-0.4, -0.2) is 11.3 Å². The van der Waals surface area contributed by atoms with Crippen LogP contribution in [0.4, 0.5) is 34.1 Å². The number of nitrogens with zero attached hydrogens (tertiary/aromatic N) is 3. The molecule has 0 fully saturated rings. The van der Waals surface area contributed by atoms with Crippen LogP contribution in [0.3, 0.4) is 0 Å². The van der Waals surface area contributed by atoms with Gasteiger partial charge in [0.05, 0.1) is 38.7 Å². The van der Waals surface area contributed by atoms with Gasteiger partial charge in [0.15, 0.2) is 0 Å². The van der Waals surface area contributed by atoms with Crippen LogP contribution >= 0.6 is 0 Å². The Hall–Kier alpha value is -13.8. The van der Waals surface area contributed by atoms with Crippen LogP contribution in [0.15, 0.2) is 376 Å². The van der Waals surface area contributed by atoms with Crippen LogP contribution in [-0.2, 0) is 16.2 Å². The lowest BCUT2D eigenvalue weighted by molar-refractivity contribution is 0.793. The van der Waals surface area contributed by atoms with Crippen molar-refractivity contribution in [1.82, 2.24) is 4.57 Å². The third-order valence-corrected chi connectivity index (χ3v) is 26.6. The number of aromatic nitrogens is 1. The van der Waals surface area contributed by atoms with Gasteiger partial charge in [-0.1, -0.05) is 328 Å². The fourth-order valence-electron chi connectivity index (χ4n) is 22.9. The van der Waals surface area contributed by atoms with E-state index >= 15 is 0 Å². The second kappa shape index (κ2) is 20.8. The van der Waals surface area contributed by atoms with Crippen molar-refractivity contribution in [3.05, 3.63) is 443 Å². The van der Waals surface area contributed by atoms with Crippen LogP contribution in [0.25, 0.3) is 105 Å². The standard InChI is InChI=1S/C105H62BN3/c1-2-27-63(28-3-1)64-53-55-65(56-54-64)107-94-60-57-76-73-35-10-21-46-85(73)105(83-44-19-8-33-71(83)72-34-9-20-45-84(72)105)99(76)101(94)106-90-59-58-89-98(78-39-12-23-48-87(78)104(89)81-42-17-6-31-69(81)70-32-7-18-43-82(70)104)102(90)109(96-62-66(61-95(107)100(96)106)108-91-50-24-13-36-74(91)75-37-14-25-51-92(75)108)93-52-26-49-88-97(93)77-38-11-22-47-86(77)103(88)79-40-15-4-29-67(79)68-30-5-16-41-80(68)103/h1-62H. The van der Waals surface area contributed by atoms with Gasteiger partial charge in [-0.05, 0) is 198 Å². The summed E-state index contributed by atoms with van der Waals surface area (Å²) >= 11 is 0. The quantitative estimate of drug-likeness (QED) is 0.163. The zero-order valence-electron chi connectivity index (χ0n) is 59.2. The van der Waals surface area contributed by atoms with Crippen molar-refractivity contribution in [2.75, 3.05) is 9.80 Å². The predicted octanol–water partition coefficient (Wildman–Crippen LogP) is 23.6. The number of hydrogen-bond donors (Lipinski definition) is 0. The molecule has 0 bridgehead atoms. The molecule has 6 aliphatic carbocycles. The molecule has 3 spiro atoms. The smallest absolute Gasteiger partial charge is 0.252 e. The maximum absolute atomic E-state index is 2.85. The monoisotopic (exact) mass is 1380 g/mol. The molecule has 2 aliphatic heterocycles. The summed E-state index contributed by atoms with van der Waals surface area (Å²) in [6.07, 6.45) is 0. The molecule has 0 amide bonds. The molecule has 4 heteroatoms. The molecule has 0 saturated heterocycles. The molecule has 1 aromatic heterocycles. The summed E-state index contributed by atoms with van der Waals surface area (Å²) < 4.78 is 2.58. The molecule has 0 saturated carbocycles. The zero-order valence-corrected chi connectivity index (χ0v) is 59.2. The van der Waals surface area contributed by atoms with Gasteiger partial charge < -0.3 is 14.4 Å². The molecule has 8 aliphatic rings. The van der Waals surface area contributed by atoms with Crippen molar-refractivity contribution >= 4 is 79.0 Å². The number of fused-ring (bicyclic) bond motifs is 39. The largest absolute Gasteiger partial charge is 0.311 e. The molecule has 109 heavy (non-hydrogen) atoms. The topological polar surface area (TPSA) is 11.4 Å².